The van der Waals surface area contributed by atoms with E-state index in [4.69, 9.17) is 0 Å². The number of phenolic OH excluding ortho intramolecular Hbond substituents is 1. The summed E-state index contributed by atoms with van der Waals surface area (Å²) in [7, 11) is 0. The van der Waals surface area contributed by atoms with Crippen LogP contribution in [0.15, 0.2) is 62.4 Å². The van der Waals surface area contributed by atoms with Gasteiger partial charge in [-0.2, -0.15) is 5.10 Å². The number of halogens is 2. The van der Waals surface area contributed by atoms with Gasteiger partial charge in [-0.25, -0.2) is 9.07 Å². The molecule has 0 aliphatic heterocycles. The number of hydrogen-bond acceptors (Lipinski definition) is 4. The summed E-state index contributed by atoms with van der Waals surface area (Å²) in [5.74, 6) is -0.210. The Bertz CT molecular complexity index is 1020. The van der Waals surface area contributed by atoms with Gasteiger partial charge in [-0.3, -0.25) is 4.99 Å². The molecule has 0 saturated heterocycles. The SMILES string of the molecule is CC(C)N=c1scc(-c2ccccc2F)n1N=Cc1cc(Br)ccc1O. The first-order valence-electron chi connectivity index (χ1n) is 7.98. The van der Waals surface area contributed by atoms with Gasteiger partial charge in [0, 0.05) is 27.0 Å². The first-order valence-corrected chi connectivity index (χ1v) is 9.65. The second kappa shape index (κ2) is 7.97. The highest BCUT2D eigenvalue weighted by Gasteiger charge is 2.12. The lowest BCUT2D eigenvalue weighted by molar-refractivity contribution is 0.474. The number of nitrogens with zero attached hydrogens (tertiary/aromatic N) is 3. The summed E-state index contributed by atoms with van der Waals surface area (Å²) in [6.45, 7) is 3.94. The van der Waals surface area contributed by atoms with E-state index in [1.807, 2.05) is 19.2 Å². The molecule has 1 N–H and O–H groups in total. The second-order valence-electron chi connectivity index (χ2n) is 5.87. The number of aromatic hydroxyl groups is 1. The van der Waals surface area contributed by atoms with Gasteiger partial charge in [0.1, 0.15) is 11.6 Å². The van der Waals surface area contributed by atoms with Gasteiger partial charge in [0.05, 0.1) is 11.9 Å². The topological polar surface area (TPSA) is 49.9 Å². The van der Waals surface area contributed by atoms with E-state index in [0.717, 1.165) is 4.47 Å². The largest absolute Gasteiger partial charge is 0.507 e. The molecule has 0 spiro atoms. The Morgan fingerprint density at radius 2 is 2.00 bits per heavy atom. The molecule has 0 unspecified atom stereocenters. The number of aromatic nitrogens is 1. The van der Waals surface area contributed by atoms with Crippen LogP contribution in [0.3, 0.4) is 0 Å². The molecular weight excluding hydrogens is 417 g/mol. The Hall–Kier alpha value is -2.25. The minimum Gasteiger partial charge on any atom is -0.507 e. The van der Waals surface area contributed by atoms with Crippen molar-refractivity contribution < 1.29 is 9.50 Å². The molecule has 26 heavy (non-hydrogen) atoms. The third-order valence-electron chi connectivity index (χ3n) is 3.51. The van der Waals surface area contributed by atoms with Crippen molar-refractivity contribution in [2.24, 2.45) is 10.1 Å². The lowest BCUT2D eigenvalue weighted by Gasteiger charge is -2.06. The number of phenols is 1. The van der Waals surface area contributed by atoms with E-state index >= 15 is 0 Å². The van der Waals surface area contributed by atoms with Gasteiger partial charge in [0.25, 0.3) is 0 Å². The minimum atomic E-state index is -0.323. The number of thiazole rings is 1. The van der Waals surface area contributed by atoms with Crippen molar-refractivity contribution in [1.82, 2.24) is 4.68 Å². The molecular formula is C19H17BrFN3OS. The summed E-state index contributed by atoms with van der Waals surface area (Å²) in [6.07, 6.45) is 1.54. The van der Waals surface area contributed by atoms with Crippen LogP contribution in [0.25, 0.3) is 11.3 Å². The first-order chi connectivity index (χ1) is 12.5. The lowest BCUT2D eigenvalue weighted by atomic mass is 10.1. The zero-order valence-corrected chi connectivity index (χ0v) is 16.6. The van der Waals surface area contributed by atoms with Gasteiger partial charge in [-0.15, -0.1) is 11.3 Å². The summed E-state index contributed by atoms with van der Waals surface area (Å²) >= 11 is 4.77. The molecule has 7 heteroatoms. The van der Waals surface area contributed by atoms with Crippen molar-refractivity contribution >= 4 is 33.5 Å². The number of hydrogen-bond donors (Lipinski definition) is 1. The molecule has 1 aromatic heterocycles. The van der Waals surface area contributed by atoms with Crippen molar-refractivity contribution in [2.75, 3.05) is 0 Å². The summed E-state index contributed by atoms with van der Waals surface area (Å²) in [5, 5.41) is 16.3. The van der Waals surface area contributed by atoms with Crippen LogP contribution in [0.4, 0.5) is 4.39 Å². The highest BCUT2D eigenvalue weighted by molar-refractivity contribution is 9.10. The molecule has 0 fully saturated rings. The molecule has 0 amide bonds. The van der Waals surface area contributed by atoms with Crippen molar-refractivity contribution in [2.45, 2.75) is 19.9 Å². The van der Waals surface area contributed by atoms with Crippen molar-refractivity contribution in [1.29, 1.82) is 0 Å². The van der Waals surface area contributed by atoms with E-state index < -0.39 is 0 Å². The molecule has 3 aromatic rings. The zero-order chi connectivity index (χ0) is 18.7. The molecule has 0 saturated carbocycles. The minimum absolute atomic E-state index is 0.0721. The summed E-state index contributed by atoms with van der Waals surface area (Å²) < 4.78 is 16.7. The molecule has 2 aromatic carbocycles. The predicted octanol–water partition coefficient (Wildman–Crippen LogP) is 5.02. The third-order valence-corrected chi connectivity index (χ3v) is 4.83. The Labute approximate surface area is 163 Å². The molecule has 0 aliphatic rings. The van der Waals surface area contributed by atoms with E-state index in [2.05, 4.69) is 26.0 Å². The fourth-order valence-electron chi connectivity index (χ4n) is 2.32. The van der Waals surface area contributed by atoms with E-state index in [1.54, 1.807) is 41.1 Å². The predicted molar refractivity (Wildman–Crippen MR) is 107 cm³/mol. The van der Waals surface area contributed by atoms with E-state index in [-0.39, 0.29) is 17.6 Å². The molecule has 3 rings (SSSR count). The maximum absolute atomic E-state index is 14.3. The fraction of sp³-hybridized carbons (Fsp3) is 0.158. The summed E-state index contributed by atoms with van der Waals surface area (Å²) in [5.41, 5.74) is 1.61. The van der Waals surface area contributed by atoms with Gasteiger partial charge in [-0.05, 0) is 44.2 Å². The van der Waals surface area contributed by atoms with E-state index in [0.29, 0.717) is 21.6 Å². The molecule has 0 aliphatic carbocycles. The average molecular weight is 434 g/mol. The van der Waals surface area contributed by atoms with E-state index in [9.17, 15) is 9.50 Å². The summed E-state index contributed by atoms with van der Waals surface area (Å²) in [6, 6.07) is 11.7. The lowest BCUT2D eigenvalue weighted by Crippen LogP contribution is -2.14. The first kappa shape index (κ1) is 18.5. The maximum Gasteiger partial charge on any atom is 0.206 e. The Morgan fingerprint density at radius 3 is 2.73 bits per heavy atom. The maximum atomic E-state index is 14.3. The van der Waals surface area contributed by atoms with Gasteiger partial charge >= 0.3 is 0 Å². The normalized spacial score (nSPS) is 12.4. The third kappa shape index (κ3) is 4.11. The van der Waals surface area contributed by atoms with Crippen LogP contribution in [0.5, 0.6) is 5.75 Å². The molecule has 134 valence electrons. The standard InChI is InChI=1S/C19H17BrFN3OS/c1-12(2)23-19-24(22-10-13-9-14(20)7-8-18(13)25)17(11-26-19)15-5-3-4-6-16(15)21/h3-12,25H,1-2H3. The highest BCUT2D eigenvalue weighted by atomic mass is 79.9. The van der Waals surface area contributed by atoms with Crippen LogP contribution in [0.1, 0.15) is 19.4 Å². The molecule has 1 heterocycles. The summed E-state index contributed by atoms with van der Waals surface area (Å²) in [4.78, 5) is 5.22. The van der Waals surface area contributed by atoms with Crippen LogP contribution in [-0.2, 0) is 0 Å². The van der Waals surface area contributed by atoms with Crippen LogP contribution in [0, 0.1) is 5.82 Å². The highest BCUT2D eigenvalue weighted by Crippen LogP contribution is 2.24. The monoisotopic (exact) mass is 433 g/mol. The van der Waals surface area contributed by atoms with Gasteiger partial charge in [0.15, 0.2) is 0 Å². The number of benzene rings is 2. The van der Waals surface area contributed by atoms with Crippen molar-refractivity contribution in [3.05, 3.63) is 68.5 Å². The van der Waals surface area contributed by atoms with Crippen molar-refractivity contribution in [3.63, 3.8) is 0 Å². The Morgan fingerprint density at radius 1 is 1.23 bits per heavy atom. The van der Waals surface area contributed by atoms with Gasteiger partial charge in [-0.1, -0.05) is 28.1 Å². The fourth-order valence-corrected chi connectivity index (χ4v) is 3.66. The van der Waals surface area contributed by atoms with E-state index in [1.165, 1.54) is 23.6 Å². The molecule has 4 nitrogen and oxygen atoms in total. The van der Waals surface area contributed by atoms with Gasteiger partial charge < -0.3 is 5.11 Å². The van der Waals surface area contributed by atoms with Crippen molar-refractivity contribution in [3.8, 4) is 17.0 Å². The number of rotatable bonds is 4. The van der Waals surface area contributed by atoms with Crippen LogP contribution in [0.2, 0.25) is 0 Å². The molecule has 0 radical (unpaired) electrons. The zero-order valence-electron chi connectivity index (χ0n) is 14.2. The average Bonchev–Trinajstić information content (AvgIpc) is 2.98. The second-order valence-corrected chi connectivity index (χ2v) is 7.62. The Balaban J connectivity index is 2.15. The quantitative estimate of drug-likeness (QED) is 0.577. The molecule has 0 atom stereocenters. The van der Waals surface area contributed by atoms with Crippen LogP contribution < -0.4 is 4.80 Å². The smallest absolute Gasteiger partial charge is 0.206 e. The molecule has 0 bridgehead atoms. The van der Waals surface area contributed by atoms with Gasteiger partial charge in [0.2, 0.25) is 4.80 Å². The van der Waals surface area contributed by atoms with Crippen LogP contribution in [-0.4, -0.2) is 22.0 Å². The van der Waals surface area contributed by atoms with Crippen LogP contribution >= 0.6 is 27.3 Å². The Kier molecular flexibility index (Phi) is 5.68.